The quantitative estimate of drug-likeness (QED) is 0.315. The molecule has 0 aliphatic carbocycles. The van der Waals surface area contributed by atoms with Crippen molar-refractivity contribution in [2.45, 2.75) is 25.9 Å². The fourth-order valence-electron chi connectivity index (χ4n) is 5.70. The van der Waals surface area contributed by atoms with Crippen LogP contribution in [0, 0.1) is 6.92 Å². The van der Waals surface area contributed by atoms with Gasteiger partial charge in [-0.2, -0.15) is 4.98 Å². The number of carbonyl (C=O) groups is 2. The van der Waals surface area contributed by atoms with Gasteiger partial charge >= 0.3 is 5.69 Å². The molecule has 0 radical (unpaired) electrons. The van der Waals surface area contributed by atoms with Crippen LogP contribution in [-0.4, -0.2) is 67.6 Å². The third kappa shape index (κ3) is 4.70. The van der Waals surface area contributed by atoms with Crippen LogP contribution < -0.4 is 21.0 Å². The van der Waals surface area contributed by atoms with Gasteiger partial charge in [0.15, 0.2) is 11.2 Å². The minimum absolute atomic E-state index is 0.138. The van der Waals surface area contributed by atoms with Crippen molar-refractivity contribution in [2.75, 3.05) is 36.0 Å². The number of halogens is 1. The summed E-state index contributed by atoms with van der Waals surface area (Å²) >= 11 is 3.39. The number of hydrogen-bond acceptors (Lipinski definition) is 7. The summed E-state index contributed by atoms with van der Waals surface area (Å²) in [5.41, 5.74) is 2.60. The molecule has 0 N–H and O–H groups in total. The van der Waals surface area contributed by atoms with E-state index in [4.69, 9.17) is 4.98 Å². The molecule has 2 aromatic carbocycles. The first-order valence-electron chi connectivity index (χ1n) is 13.5. The van der Waals surface area contributed by atoms with Gasteiger partial charge in [-0.05, 0) is 36.8 Å². The van der Waals surface area contributed by atoms with Gasteiger partial charge in [0.2, 0.25) is 11.9 Å². The van der Waals surface area contributed by atoms with Gasteiger partial charge in [-0.25, -0.2) is 9.69 Å². The van der Waals surface area contributed by atoms with Gasteiger partial charge in [-0.3, -0.25) is 33.0 Å². The number of amides is 2. The second kappa shape index (κ2) is 10.4. The fourth-order valence-corrected chi connectivity index (χ4v) is 5.96. The van der Waals surface area contributed by atoms with E-state index in [9.17, 15) is 19.2 Å². The van der Waals surface area contributed by atoms with E-state index < -0.39 is 17.3 Å². The summed E-state index contributed by atoms with van der Waals surface area (Å²) in [5, 5.41) is 0. The maximum atomic E-state index is 13.3. The first-order valence-corrected chi connectivity index (χ1v) is 14.3. The van der Waals surface area contributed by atoms with Crippen molar-refractivity contribution >= 4 is 50.5 Å². The number of nitrogens with zero attached hydrogens (tertiary/aromatic N) is 7. The Labute approximate surface area is 244 Å². The zero-order valence-corrected chi connectivity index (χ0v) is 24.7. The fraction of sp³-hybridized carbons (Fsp3) is 0.345. The number of fused-ring (bicyclic) bond motifs is 1. The molecule has 4 aromatic rings. The van der Waals surface area contributed by atoms with E-state index >= 15 is 0 Å². The molecule has 4 heterocycles. The first-order chi connectivity index (χ1) is 19.6. The van der Waals surface area contributed by atoms with Crippen LogP contribution in [0.2, 0.25) is 0 Å². The predicted molar refractivity (Wildman–Crippen MR) is 159 cm³/mol. The van der Waals surface area contributed by atoms with Gasteiger partial charge in [-0.15, -0.1) is 0 Å². The smallest absolute Gasteiger partial charge is 0.332 e. The second-order valence-electron chi connectivity index (χ2n) is 10.6. The van der Waals surface area contributed by atoms with E-state index in [1.54, 1.807) is 19.2 Å². The molecule has 212 valence electrons. The Kier molecular flexibility index (Phi) is 6.90. The van der Waals surface area contributed by atoms with E-state index in [1.165, 1.54) is 16.5 Å². The van der Waals surface area contributed by atoms with Crippen molar-refractivity contribution in [3.05, 3.63) is 85.0 Å². The van der Waals surface area contributed by atoms with Crippen molar-refractivity contribution in [3.8, 4) is 0 Å². The summed E-state index contributed by atoms with van der Waals surface area (Å²) in [7, 11) is 3.10. The Balaban J connectivity index is 1.29. The Morgan fingerprint density at radius 3 is 2.20 bits per heavy atom. The van der Waals surface area contributed by atoms with Crippen LogP contribution in [-0.2, 0) is 30.2 Å². The number of imidazole rings is 1. The summed E-state index contributed by atoms with van der Waals surface area (Å²) in [6.45, 7) is 4.61. The molecule has 2 fully saturated rings. The molecule has 2 aliphatic rings. The maximum absolute atomic E-state index is 13.3. The molecule has 1 atom stereocenters. The Morgan fingerprint density at radius 2 is 1.54 bits per heavy atom. The van der Waals surface area contributed by atoms with Gasteiger partial charge in [0.05, 0.1) is 24.7 Å². The lowest BCUT2D eigenvalue weighted by Gasteiger charge is -2.37. The van der Waals surface area contributed by atoms with Crippen LogP contribution in [0.25, 0.3) is 11.2 Å². The third-order valence-electron chi connectivity index (χ3n) is 8.03. The van der Waals surface area contributed by atoms with E-state index in [0.29, 0.717) is 55.5 Å². The standard InChI is InChI=1S/C29H30BrN7O4/c1-18-4-6-19(7-5-18)17-36-24-25(32(2)29(41)33(3)27(24)40)31-28(36)35-14-12-34(13-15-35)22-16-23(38)37(26(22)39)21-10-8-20(30)9-11-21/h4-11,22H,12-17H2,1-3H3. The molecule has 2 aromatic heterocycles. The molecule has 0 bridgehead atoms. The molecule has 41 heavy (non-hydrogen) atoms. The molecule has 2 amide bonds. The van der Waals surface area contributed by atoms with Crippen LogP contribution in [0.3, 0.4) is 0 Å². The number of imide groups is 1. The molecule has 11 nitrogen and oxygen atoms in total. The molecule has 12 heteroatoms. The number of hydrogen-bond donors (Lipinski definition) is 0. The van der Waals surface area contributed by atoms with Gasteiger partial charge in [0, 0.05) is 44.7 Å². The summed E-state index contributed by atoms with van der Waals surface area (Å²) in [6, 6.07) is 14.7. The highest BCUT2D eigenvalue weighted by atomic mass is 79.9. The van der Waals surface area contributed by atoms with Crippen molar-refractivity contribution < 1.29 is 9.59 Å². The summed E-state index contributed by atoms with van der Waals surface area (Å²) in [5.74, 6) is 0.182. The molecule has 1 unspecified atom stereocenters. The van der Waals surface area contributed by atoms with Crippen molar-refractivity contribution in [3.63, 3.8) is 0 Å². The highest BCUT2D eigenvalue weighted by Crippen LogP contribution is 2.29. The van der Waals surface area contributed by atoms with Crippen molar-refractivity contribution in [1.29, 1.82) is 0 Å². The third-order valence-corrected chi connectivity index (χ3v) is 8.56. The van der Waals surface area contributed by atoms with Crippen LogP contribution in [0.1, 0.15) is 17.5 Å². The SMILES string of the molecule is Cc1ccc(Cn2c(N3CCN(C4CC(=O)N(c5ccc(Br)cc5)C4=O)CC3)nc3c2c(=O)n(C)c(=O)n3C)cc1. The van der Waals surface area contributed by atoms with Crippen LogP contribution in [0.4, 0.5) is 11.6 Å². The number of benzene rings is 2. The van der Waals surface area contributed by atoms with Crippen molar-refractivity contribution in [2.24, 2.45) is 14.1 Å². The van der Waals surface area contributed by atoms with E-state index in [0.717, 1.165) is 20.2 Å². The van der Waals surface area contributed by atoms with Crippen LogP contribution >= 0.6 is 15.9 Å². The molecule has 0 spiro atoms. The molecular weight excluding hydrogens is 590 g/mol. The van der Waals surface area contributed by atoms with Gasteiger partial charge < -0.3 is 4.90 Å². The predicted octanol–water partition coefficient (Wildman–Crippen LogP) is 2.01. The molecule has 6 rings (SSSR count). The Morgan fingerprint density at radius 1 is 0.878 bits per heavy atom. The zero-order valence-electron chi connectivity index (χ0n) is 23.1. The average Bonchev–Trinajstić information content (AvgIpc) is 3.49. The Hall–Kier alpha value is -4.03. The largest absolute Gasteiger partial charge is 0.340 e. The second-order valence-corrected chi connectivity index (χ2v) is 11.6. The lowest BCUT2D eigenvalue weighted by atomic mass is 10.1. The van der Waals surface area contributed by atoms with Gasteiger partial charge in [-0.1, -0.05) is 45.8 Å². The summed E-state index contributed by atoms with van der Waals surface area (Å²) in [4.78, 5) is 62.4. The topological polar surface area (TPSA) is 106 Å². The van der Waals surface area contributed by atoms with Crippen molar-refractivity contribution in [1.82, 2.24) is 23.6 Å². The number of rotatable bonds is 5. The zero-order chi connectivity index (χ0) is 29.0. The summed E-state index contributed by atoms with van der Waals surface area (Å²) in [6.07, 6.45) is 0.138. The molecular formula is C29H30BrN7O4. The number of aryl methyl sites for hydroxylation is 2. The van der Waals surface area contributed by atoms with Gasteiger partial charge in [0.25, 0.3) is 11.5 Å². The maximum Gasteiger partial charge on any atom is 0.332 e. The van der Waals surface area contributed by atoms with Gasteiger partial charge in [0.1, 0.15) is 0 Å². The van der Waals surface area contributed by atoms with Crippen LogP contribution in [0.5, 0.6) is 0 Å². The summed E-state index contributed by atoms with van der Waals surface area (Å²) < 4.78 is 5.27. The molecule has 0 saturated carbocycles. The Bertz CT molecular complexity index is 1780. The monoisotopic (exact) mass is 619 g/mol. The normalized spacial score (nSPS) is 18.2. The minimum atomic E-state index is -0.521. The number of piperazine rings is 1. The number of anilines is 2. The van der Waals surface area contributed by atoms with Crippen LogP contribution in [0.15, 0.2) is 62.6 Å². The number of aromatic nitrogens is 4. The first kappa shape index (κ1) is 27.2. The molecule has 2 aliphatic heterocycles. The lowest BCUT2D eigenvalue weighted by Crippen LogP contribution is -2.53. The highest BCUT2D eigenvalue weighted by molar-refractivity contribution is 9.10. The average molecular weight is 621 g/mol. The van der Waals surface area contributed by atoms with E-state index in [-0.39, 0.29) is 18.2 Å². The van der Waals surface area contributed by atoms with E-state index in [1.807, 2.05) is 47.9 Å². The number of carbonyl (C=O) groups excluding carboxylic acids is 2. The highest BCUT2D eigenvalue weighted by Gasteiger charge is 2.43. The molecule has 2 saturated heterocycles. The lowest BCUT2D eigenvalue weighted by molar-refractivity contribution is -0.123. The van der Waals surface area contributed by atoms with E-state index in [2.05, 4.69) is 25.7 Å². The minimum Gasteiger partial charge on any atom is -0.340 e.